The number of halogens is 2. The zero-order valence-electron chi connectivity index (χ0n) is 15.3. The number of rotatable bonds is 4. The largest absolute Gasteiger partial charge is 0.309 e. The number of ketones is 1. The summed E-state index contributed by atoms with van der Waals surface area (Å²) in [6, 6.07) is 2.90. The van der Waals surface area contributed by atoms with Crippen molar-refractivity contribution in [2.24, 2.45) is 4.99 Å². The molecule has 5 nitrogen and oxygen atoms in total. The van der Waals surface area contributed by atoms with E-state index in [-0.39, 0.29) is 18.2 Å². The third-order valence-electron chi connectivity index (χ3n) is 4.79. The van der Waals surface area contributed by atoms with E-state index in [4.69, 9.17) is 23.2 Å². The van der Waals surface area contributed by atoms with E-state index < -0.39 is 10.8 Å². The minimum absolute atomic E-state index is 0.0182. The Morgan fingerprint density at radius 1 is 1.36 bits per heavy atom. The molecular weight excluding hydrogens is 437 g/mol. The van der Waals surface area contributed by atoms with Crippen molar-refractivity contribution in [2.45, 2.75) is 37.5 Å². The first-order valence-corrected chi connectivity index (χ1v) is 11.1. The normalized spacial score (nSPS) is 21.6. The van der Waals surface area contributed by atoms with Crippen LogP contribution in [-0.2, 0) is 9.59 Å². The smallest absolute Gasteiger partial charge is 0.227 e. The first-order chi connectivity index (χ1) is 13.2. The summed E-state index contributed by atoms with van der Waals surface area (Å²) in [7, 11) is 0. The molecule has 1 fully saturated rings. The molecule has 9 heteroatoms. The molecule has 1 aromatic heterocycles. The molecule has 1 unspecified atom stereocenters. The molecular formula is C19H17Cl2N3O2S2. The first kappa shape index (κ1) is 19.9. The fourth-order valence-corrected chi connectivity index (χ4v) is 6.13. The van der Waals surface area contributed by atoms with E-state index in [1.807, 2.05) is 13.8 Å². The van der Waals surface area contributed by atoms with Gasteiger partial charge in [0.1, 0.15) is 16.1 Å². The fourth-order valence-electron chi connectivity index (χ4n) is 3.35. The molecule has 1 atom stereocenters. The Morgan fingerprint density at radius 2 is 2.11 bits per heavy atom. The lowest BCUT2D eigenvalue weighted by Crippen LogP contribution is -2.41. The molecule has 3 heterocycles. The van der Waals surface area contributed by atoms with Crippen LogP contribution in [-0.4, -0.2) is 44.0 Å². The maximum Gasteiger partial charge on any atom is 0.227 e. The Morgan fingerprint density at radius 3 is 2.79 bits per heavy atom. The van der Waals surface area contributed by atoms with E-state index in [0.29, 0.717) is 44.2 Å². The Balaban J connectivity index is 1.63. The van der Waals surface area contributed by atoms with Crippen molar-refractivity contribution in [1.82, 2.24) is 9.88 Å². The molecule has 28 heavy (non-hydrogen) atoms. The van der Waals surface area contributed by atoms with Gasteiger partial charge in [0.2, 0.25) is 5.91 Å². The minimum atomic E-state index is -0.556. The Kier molecular flexibility index (Phi) is 5.06. The summed E-state index contributed by atoms with van der Waals surface area (Å²) in [5.74, 6) is -0.144. The molecule has 0 N–H and O–H groups in total. The monoisotopic (exact) mass is 453 g/mol. The quantitative estimate of drug-likeness (QED) is 0.656. The van der Waals surface area contributed by atoms with Gasteiger partial charge in [0.25, 0.3) is 0 Å². The predicted molar refractivity (Wildman–Crippen MR) is 117 cm³/mol. The molecule has 0 bridgehead atoms. The molecule has 1 amide bonds. The van der Waals surface area contributed by atoms with Gasteiger partial charge in [0.15, 0.2) is 5.78 Å². The number of hydrogen-bond acceptors (Lipinski definition) is 6. The van der Waals surface area contributed by atoms with Crippen LogP contribution >= 0.6 is 46.3 Å². The lowest BCUT2D eigenvalue weighted by Gasteiger charge is -2.25. The van der Waals surface area contributed by atoms with E-state index in [9.17, 15) is 9.59 Å². The summed E-state index contributed by atoms with van der Waals surface area (Å²) in [6.07, 6.45) is 1.02. The number of carbonyl (C=O) groups is 2. The lowest BCUT2D eigenvalue weighted by molar-refractivity contribution is -0.131. The van der Waals surface area contributed by atoms with Crippen molar-refractivity contribution < 1.29 is 9.59 Å². The van der Waals surface area contributed by atoms with Crippen LogP contribution in [0.4, 0.5) is 0 Å². The van der Waals surface area contributed by atoms with Crippen LogP contribution in [0.5, 0.6) is 0 Å². The van der Waals surface area contributed by atoms with Crippen molar-refractivity contribution >= 4 is 73.3 Å². The van der Waals surface area contributed by atoms with Crippen LogP contribution in [0, 0.1) is 0 Å². The number of thiazole rings is 1. The molecule has 2 aliphatic heterocycles. The maximum atomic E-state index is 12.9. The van der Waals surface area contributed by atoms with E-state index in [2.05, 4.69) is 16.6 Å². The molecule has 1 aromatic carbocycles. The zero-order chi connectivity index (χ0) is 20.2. The number of fused-ring (bicyclic) bond motifs is 1. The van der Waals surface area contributed by atoms with Crippen LogP contribution in [0.15, 0.2) is 29.4 Å². The Labute approximate surface area is 180 Å². The van der Waals surface area contributed by atoms with E-state index in [0.717, 1.165) is 4.70 Å². The van der Waals surface area contributed by atoms with Gasteiger partial charge in [-0.25, -0.2) is 4.98 Å². The lowest BCUT2D eigenvalue weighted by atomic mass is 9.99. The molecule has 2 aliphatic rings. The molecule has 2 aromatic rings. The van der Waals surface area contributed by atoms with Crippen LogP contribution < -0.4 is 0 Å². The zero-order valence-corrected chi connectivity index (χ0v) is 18.4. The van der Waals surface area contributed by atoms with Gasteiger partial charge in [-0.1, -0.05) is 41.5 Å². The second-order valence-corrected chi connectivity index (χ2v) is 10.8. The first-order valence-electron chi connectivity index (χ1n) is 8.69. The van der Waals surface area contributed by atoms with Gasteiger partial charge < -0.3 is 4.90 Å². The summed E-state index contributed by atoms with van der Waals surface area (Å²) in [5, 5.41) is 2.50. The van der Waals surface area contributed by atoms with Crippen molar-refractivity contribution in [1.29, 1.82) is 0 Å². The average Bonchev–Trinajstić information content (AvgIpc) is 3.25. The van der Waals surface area contributed by atoms with Gasteiger partial charge in [0, 0.05) is 21.9 Å². The van der Waals surface area contributed by atoms with Crippen LogP contribution in [0.3, 0.4) is 0 Å². The number of amides is 1. The number of aliphatic imine (C=N–C) groups is 1. The summed E-state index contributed by atoms with van der Waals surface area (Å²) >= 11 is 15.3. The number of allylic oxidation sites excluding steroid dienone is 1. The third kappa shape index (κ3) is 3.49. The van der Waals surface area contributed by atoms with Crippen molar-refractivity contribution in [3.8, 4) is 0 Å². The standard InChI is InChI=1S/C19H17Cl2N3O2S2/c1-9-4-5-14(26)24(9)8-13(25)16-19(2,3)28-18(23-16)17-22-12-7-10(20)6-11(21)15(12)27-17/h6-7,16H,1,4-5,8H2,2-3H3. The predicted octanol–water partition coefficient (Wildman–Crippen LogP) is 4.95. The number of nitrogens with zero attached hydrogens (tertiary/aromatic N) is 3. The highest BCUT2D eigenvalue weighted by Crippen LogP contribution is 2.43. The van der Waals surface area contributed by atoms with Gasteiger partial charge in [0.05, 0.1) is 21.8 Å². The Hall–Kier alpha value is -1.41. The van der Waals surface area contributed by atoms with Crippen LogP contribution in [0.2, 0.25) is 10.0 Å². The number of benzene rings is 1. The van der Waals surface area contributed by atoms with Crippen molar-refractivity contribution in [3.63, 3.8) is 0 Å². The minimum Gasteiger partial charge on any atom is -0.309 e. The van der Waals surface area contributed by atoms with Gasteiger partial charge in [-0.15, -0.1) is 11.3 Å². The number of hydrogen-bond donors (Lipinski definition) is 0. The average molecular weight is 454 g/mol. The molecule has 146 valence electrons. The highest BCUT2D eigenvalue weighted by atomic mass is 35.5. The Bertz CT molecular complexity index is 1040. The summed E-state index contributed by atoms with van der Waals surface area (Å²) in [4.78, 5) is 35.7. The summed E-state index contributed by atoms with van der Waals surface area (Å²) in [6.45, 7) is 7.86. The van der Waals surface area contributed by atoms with Crippen LogP contribution in [0.1, 0.15) is 31.7 Å². The molecule has 0 saturated carbocycles. The number of thioether (sulfide) groups is 1. The van der Waals surface area contributed by atoms with E-state index in [1.165, 1.54) is 28.0 Å². The topological polar surface area (TPSA) is 62.6 Å². The third-order valence-corrected chi connectivity index (χ3v) is 7.90. The number of Topliss-reactive ketones (excluding diaryl/α,β-unsaturated/α-hetero) is 1. The second kappa shape index (κ2) is 7.13. The summed E-state index contributed by atoms with van der Waals surface area (Å²) < 4.78 is 0.409. The second-order valence-electron chi connectivity index (χ2n) is 7.31. The van der Waals surface area contributed by atoms with Gasteiger partial charge in [-0.3, -0.25) is 14.6 Å². The maximum absolute atomic E-state index is 12.9. The van der Waals surface area contributed by atoms with Crippen molar-refractivity contribution in [3.05, 3.63) is 39.5 Å². The fraction of sp³-hybridized carbons (Fsp3) is 0.368. The van der Waals surface area contributed by atoms with Gasteiger partial charge in [-0.2, -0.15) is 0 Å². The molecule has 4 rings (SSSR count). The molecule has 1 saturated heterocycles. The summed E-state index contributed by atoms with van der Waals surface area (Å²) in [5.41, 5.74) is 1.41. The van der Waals surface area contributed by atoms with Gasteiger partial charge in [-0.05, 0) is 32.4 Å². The molecule has 0 radical (unpaired) electrons. The highest BCUT2D eigenvalue weighted by molar-refractivity contribution is 8.16. The highest BCUT2D eigenvalue weighted by Gasteiger charge is 2.44. The van der Waals surface area contributed by atoms with E-state index >= 15 is 0 Å². The number of likely N-dealkylation sites (tertiary alicyclic amines) is 1. The molecule has 0 spiro atoms. The number of carbonyl (C=O) groups excluding carboxylic acids is 2. The van der Waals surface area contributed by atoms with Crippen molar-refractivity contribution in [2.75, 3.05) is 6.54 Å². The molecule has 0 aliphatic carbocycles. The SMILES string of the molecule is C=C1CCC(=O)N1CC(=O)C1N=C(c2nc3cc(Cl)cc(Cl)c3s2)SC1(C)C. The van der Waals surface area contributed by atoms with Gasteiger partial charge >= 0.3 is 0 Å². The van der Waals surface area contributed by atoms with E-state index in [1.54, 1.807) is 12.1 Å². The number of aromatic nitrogens is 1. The van der Waals surface area contributed by atoms with Crippen LogP contribution in [0.25, 0.3) is 10.2 Å².